The summed E-state index contributed by atoms with van der Waals surface area (Å²) in [6, 6.07) is 5.59. The van der Waals surface area contributed by atoms with Crippen LogP contribution in [0.25, 0.3) is 6.08 Å². The minimum absolute atomic E-state index is 0.149. The molecule has 1 aliphatic heterocycles. The highest BCUT2D eigenvalue weighted by atomic mass is 16.5. The molecule has 1 heterocycles. The van der Waals surface area contributed by atoms with Crippen LogP contribution in [-0.2, 0) is 9.59 Å². The summed E-state index contributed by atoms with van der Waals surface area (Å²) in [5.74, 6) is 1.45. The first kappa shape index (κ1) is 19.8. The minimum Gasteiger partial charge on any atom is -0.490 e. The van der Waals surface area contributed by atoms with Gasteiger partial charge in [0.05, 0.1) is 13.2 Å². The zero-order valence-electron chi connectivity index (χ0n) is 15.6. The molecule has 0 aromatic heterocycles. The van der Waals surface area contributed by atoms with Crippen LogP contribution in [0.1, 0.15) is 38.7 Å². The van der Waals surface area contributed by atoms with Gasteiger partial charge in [-0.1, -0.05) is 6.07 Å². The molecule has 6 heteroatoms. The lowest BCUT2D eigenvalue weighted by Crippen LogP contribution is -2.29. The van der Waals surface area contributed by atoms with Gasteiger partial charge in [0.1, 0.15) is 0 Å². The van der Waals surface area contributed by atoms with Crippen LogP contribution in [0.5, 0.6) is 11.5 Å². The quantitative estimate of drug-likeness (QED) is 0.514. The van der Waals surface area contributed by atoms with Crippen LogP contribution >= 0.6 is 0 Å². The number of rotatable bonds is 10. The molecule has 1 aromatic rings. The largest absolute Gasteiger partial charge is 0.490 e. The molecule has 6 nitrogen and oxygen atoms in total. The van der Waals surface area contributed by atoms with Gasteiger partial charge < -0.3 is 19.7 Å². The van der Waals surface area contributed by atoms with Gasteiger partial charge in [-0.3, -0.25) is 9.59 Å². The number of likely N-dealkylation sites (tertiary alicyclic amines) is 1. The van der Waals surface area contributed by atoms with Crippen LogP contribution in [0.15, 0.2) is 24.3 Å². The van der Waals surface area contributed by atoms with E-state index in [9.17, 15) is 9.59 Å². The molecule has 0 atom stereocenters. The van der Waals surface area contributed by atoms with Crippen molar-refractivity contribution in [2.75, 3.05) is 32.8 Å². The Morgan fingerprint density at radius 3 is 2.69 bits per heavy atom. The Balaban J connectivity index is 1.79. The van der Waals surface area contributed by atoms with E-state index in [-0.39, 0.29) is 11.8 Å². The van der Waals surface area contributed by atoms with E-state index >= 15 is 0 Å². The lowest BCUT2D eigenvalue weighted by Gasteiger charge is -2.14. The van der Waals surface area contributed by atoms with Crippen LogP contribution in [0.2, 0.25) is 0 Å². The van der Waals surface area contributed by atoms with E-state index < -0.39 is 0 Å². The number of nitrogens with one attached hydrogen (secondary N) is 1. The van der Waals surface area contributed by atoms with Crippen LogP contribution in [-0.4, -0.2) is 49.6 Å². The first-order valence-electron chi connectivity index (χ1n) is 9.27. The van der Waals surface area contributed by atoms with E-state index in [1.54, 1.807) is 6.08 Å². The number of nitrogens with zero attached hydrogens (tertiary/aromatic N) is 1. The van der Waals surface area contributed by atoms with E-state index in [0.717, 1.165) is 24.9 Å². The summed E-state index contributed by atoms with van der Waals surface area (Å²) < 4.78 is 11.1. The zero-order chi connectivity index (χ0) is 18.8. The zero-order valence-corrected chi connectivity index (χ0v) is 15.6. The lowest BCUT2D eigenvalue weighted by atomic mass is 10.2. The summed E-state index contributed by atoms with van der Waals surface area (Å²) in [7, 11) is 0. The Labute approximate surface area is 155 Å². The van der Waals surface area contributed by atoms with Gasteiger partial charge in [-0.25, -0.2) is 0 Å². The van der Waals surface area contributed by atoms with E-state index in [0.29, 0.717) is 44.2 Å². The predicted molar refractivity (Wildman–Crippen MR) is 101 cm³/mol. The molecule has 0 saturated carbocycles. The highest BCUT2D eigenvalue weighted by Gasteiger charge is 2.18. The molecule has 1 N–H and O–H groups in total. The van der Waals surface area contributed by atoms with Crippen molar-refractivity contribution in [1.29, 1.82) is 0 Å². The number of benzene rings is 1. The Bertz CT molecular complexity index is 643. The van der Waals surface area contributed by atoms with Crippen molar-refractivity contribution in [3.8, 4) is 11.5 Å². The monoisotopic (exact) mass is 360 g/mol. The van der Waals surface area contributed by atoms with Gasteiger partial charge in [-0.15, -0.1) is 0 Å². The molecular weight excluding hydrogens is 332 g/mol. The molecular formula is C20H28N2O4. The molecule has 1 saturated heterocycles. The highest BCUT2D eigenvalue weighted by Crippen LogP contribution is 2.28. The number of carbonyl (C=O) groups excluding carboxylic acids is 2. The molecule has 1 aromatic carbocycles. The van der Waals surface area contributed by atoms with Gasteiger partial charge in [0, 0.05) is 32.1 Å². The van der Waals surface area contributed by atoms with Crippen LogP contribution in [0, 0.1) is 0 Å². The smallest absolute Gasteiger partial charge is 0.244 e. The second-order valence-electron chi connectivity index (χ2n) is 6.03. The van der Waals surface area contributed by atoms with Gasteiger partial charge in [-0.05, 0) is 50.5 Å². The molecule has 142 valence electrons. The maximum Gasteiger partial charge on any atom is 0.244 e. The van der Waals surface area contributed by atoms with Crippen molar-refractivity contribution in [1.82, 2.24) is 10.2 Å². The van der Waals surface area contributed by atoms with Crippen molar-refractivity contribution in [2.45, 2.75) is 33.1 Å². The summed E-state index contributed by atoms with van der Waals surface area (Å²) in [6.07, 6.45) is 5.62. The minimum atomic E-state index is -0.149. The van der Waals surface area contributed by atoms with Crippen molar-refractivity contribution in [3.05, 3.63) is 29.8 Å². The third-order valence-electron chi connectivity index (χ3n) is 4.07. The topological polar surface area (TPSA) is 67.9 Å². The third kappa shape index (κ3) is 6.10. The summed E-state index contributed by atoms with van der Waals surface area (Å²) in [5.41, 5.74) is 0.870. The van der Waals surface area contributed by atoms with Gasteiger partial charge in [0.2, 0.25) is 11.8 Å². The first-order chi connectivity index (χ1) is 12.6. The maximum atomic E-state index is 11.9. The summed E-state index contributed by atoms with van der Waals surface area (Å²) in [4.78, 5) is 25.3. The number of ether oxygens (including phenoxy) is 2. The van der Waals surface area contributed by atoms with Crippen molar-refractivity contribution >= 4 is 17.9 Å². The van der Waals surface area contributed by atoms with Crippen LogP contribution < -0.4 is 14.8 Å². The fourth-order valence-corrected chi connectivity index (χ4v) is 2.82. The average Bonchev–Trinajstić information content (AvgIpc) is 3.04. The fourth-order valence-electron chi connectivity index (χ4n) is 2.82. The molecule has 0 aliphatic carbocycles. The average molecular weight is 360 g/mol. The molecule has 0 bridgehead atoms. The number of hydrogen-bond acceptors (Lipinski definition) is 4. The standard InChI is InChI=1S/C20H28N2O4/c1-3-25-17-10-8-16(15-18(17)26-4-2)9-11-19(23)21-12-6-14-22-13-5-7-20(22)24/h8-11,15H,3-7,12-14H2,1-2H3,(H,21,23)/b11-9+. The van der Waals surface area contributed by atoms with E-state index in [1.807, 2.05) is 36.9 Å². The van der Waals surface area contributed by atoms with Crippen LogP contribution in [0.3, 0.4) is 0 Å². The van der Waals surface area contributed by atoms with Crippen molar-refractivity contribution < 1.29 is 19.1 Å². The highest BCUT2D eigenvalue weighted by molar-refractivity contribution is 5.91. The Morgan fingerprint density at radius 2 is 2.00 bits per heavy atom. The number of hydrogen-bond donors (Lipinski definition) is 1. The molecule has 0 spiro atoms. The van der Waals surface area contributed by atoms with E-state index in [4.69, 9.17) is 9.47 Å². The number of carbonyl (C=O) groups is 2. The predicted octanol–water partition coefficient (Wildman–Crippen LogP) is 2.63. The first-order valence-corrected chi connectivity index (χ1v) is 9.27. The normalized spacial score (nSPS) is 14.1. The Kier molecular flexibility index (Phi) is 7.99. The second-order valence-corrected chi connectivity index (χ2v) is 6.03. The van der Waals surface area contributed by atoms with Gasteiger partial charge in [0.15, 0.2) is 11.5 Å². The number of amides is 2. The van der Waals surface area contributed by atoms with Crippen LogP contribution in [0.4, 0.5) is 0 Å². The maximum absolute atomic E-state index is 11.9. The summed E-state index contributed by atoms with van der Waals surface area (Å²) in [6.45, 7) is 7.06. The molecule has 0 radical (unpaired) electrons. The van der Waals surface area contributed by atoms with Gasteiger partial charge in [0.25, 0.3) is 0 Å². The molecule has 26 heavy (non-hydrogen) atoms. The van der Waals surface area contributed by atoms with Gasteiger partial charge in [-0.2, -0.15) is 0 Å². The van der Waals surface area contributed by atoms with Gasteiger partial charge >= 0.3 is 0 Å². The molecule has 2 rings (SSSR count). The Hall–Kier alpha value is -2.50. The van der Waals surface area contributed by atoms with Crippen molar-refractivity contribution in [3.63, 3.8) is 0 Å². The summed E-state index contributed by atoms with van der Waals surface area (Å²) in [5, 5.41) is 2.84. The SMILES string of the molecule is CCOc1ccc(/C=C/C(=O)NCCCN2CCCC2=O)cc1OCC. The van der Waals surface area contributed by atoms with E-state index in [1.165, 1.54) is 6.08 Å². The fraction of sp³-hybridized carbons (Fsp3) is 0.500. The second kappa shape index (κ2) is 10.5. The molecule has 0 unspecified atom stereocenters. The molecule has 2 amide bonds. The van der Waals surface area contributed by atoms with E-state index in [2.05, 4.69) is 5.32 Å². The third-order valence-corrected chi connectivity index (χ3v) is 4.07. The summed E-state index contributed by atoms with van der Waals surface area (Å²) >= 11 is 0. The molecule has 1 fully saturated rings. The lowest BCUT2D eigenvalue weighted by molar-refractivity contribution is -0.127. The Morgan fingerprint density at radius 1 is 1.23 bits per heavy atom. The molecule has 1 aliphatic rings. The van der Waals surface area contributed by atoms with Crippen molar-refractivity contribution in [2.24, 2.45) is 0 Å².